The summed E-state index contributed by atoms with van der Waals surface area (Å²) in [6, 6.07) is 1.45. The molecule has 0 radical (unpaired) electrons. The number of hydrogen-bond donors (Lipinski definition) is 2. The summed E-state index contributed by atoms with van der Waals surface area (Å²) in [7, 11) is -2.19. The van der Waals surface area contributed by atoms with Crippen LogP contribution in [0.3, 0.4) is 0 Å². The van der Waals surface area contributed by atoms with Gasteiger partial charge in [-0.3, -0.25) is 4.79 Å². The number of carbonyl (C=O) groups is 1. The van der Waals surface area contributed by atoms with Crippen molar-refractivity contribution in [2.75, 3.05) is 0 Å². The normalized spacial score (nSPS) is 11.4. The molecule has 0 aliphatic rings. The number of aldehydes is 1. The van der Waals surface area contributed by atoms with Crippen molar-refractivity contribution in [1.29, 1.82) is 0 Å². The Balaban J connectivity index is 3.55. The quantitative estimate of drug-likeness (QED) is 0.606. The average Bonchev–Trinajstić information content (AvgIpc) is 2.14. The molecule has 0 saturated carbocycles. The molecule has 0 saturated heterocycles. The van der Waals surface area contributed by atoms with Crippen LogP contribution in [0.1, 0.15) is 15.9 Å². The number of rotatable bonds is 2. The van der Waals surface area contributed by atoms with E-state index in [-0.39, 0.29) is 11.3 Å². The van der Waals surface area contributed by atoms with Gasteiger partial charge < -0.3 is 10.0 Å². The molecule has 0 spiro atoms. The topological polar surface area (TPSA) is 57.5 Å². The third-order valence-electron chi connectivity index (χ3n) is 1.88. The molecule has 1 aromatic rings. The Hall–Kier alpha value is -1.05. The minimum absolute atomic E-state index is 0.0894. The Morgan fingerprint density at radius 2 is 1.88 bits per heavy atom. The maximum Gasteiger partial charge on any atom is 0.489 e. The molecule has 1 aromatic carbocycles. The summed E-state index contributed by atoms with van der Waals surface area (Å²) in [5, 5.41) is 17.3. The lowest BCUT2D eigenvalue weighted by atomic mass is 9.76. The van der Waals surface area contributed by atoms with Crippen LogP contribution < -0.4 is 5.46 Å². The van der Waals surface area contributed by atoms with E-state index in [0.717, 1.165) is 6.07 Å². The molecular weight excluding hydrogens is 247 g/mol. The van der Waals surface area contributed by atoms with Gasteiger partial charge in [-0.1, -0.05) is 11.6 Å². The van der Waals surface area contributed by atoms with Gasteiger partial charge in [0.25, 0.3) is 0 Å². The van der Waals surface area contributed by atoms with Gasteiger partial charge in [0.1, 0.15) is 6.29 Å². The van der Waals surface area contributed by atoms with Crippen LogP contribution in [0.15, 0.2) is 12.1 Å². The van der Waals surface area contributed by atoms with Crippen molar-refractivity contribution in [2.24, 2.45) is 0 Å². The predicted octanol–water partition coefficient (Wildman–Crippen LogP) is 0.851. The van der Waals surface area contributed by atoms with Crippen molar-refractivity contribution in [1.82, 2.24) is 0 Å². The van der Waals surface area contributed by atoms with Crippen LogP contribution in [0.4, 0.5) is 13.2 Å². The smallest absolute Gasteiger partial charge is 0.423 e. The predicted molar refractivity (Wildman–Crippen MR) is 51.7 cm³/mol. The second kappa shape index (κ2) is 4.44. The highest BCUT2D eigenvalue weighted by Gasteiger charge is 2.36. The van der Waals surface area contributed by atoms with Gasteiger partial charge in [-0.2, -0.15) is 13.2 Å². The lowest BCUT2D eigenvalue weighted by molar-refractivity contribution is -0.137. The van der Waals surface area contributed by atoms with Crippen molar-refractivity contribution < 1.29 is 28.0 Å². The molecule has 86 valence electrons. The van der Waals surface area contributed by atoms with Gasteiger partial charge in [0, 0.05) is 10.6 Å². The molecule has 16 heavy (non-hydrogen) atoms. The maximum atomic E-state index is 12.5. The van der Waals surface area contributed by atoms with E-state index in [1.165, 1.54) is 0 Å². The van der Waals surface area contributed by atoms with E-state index in [2.05, 4.69) is 0 Å². The molecule has 0 atom stereocenters. The Morgan fingerprint density at radius 3 is 2.25 bits per heavy atom. The molecule has 0 aliphatic heterocycles. The minimum atomic E-state index is -4.79. The van der Waals surface area contributed by atoms with Crippen molar-refractivity contribution in [2.45, 2.75) is 6.18 Å². The second-order valence-corrected chi connectivity index (χ2v) is 3.38. The zero-order valence-electron chi connectivity index (χ0n) is 7.62. The third-order valence-corrected chi connectivity index (χ3v) is 2.10. The lowest BCUT2D eigenvalue weighted by Gasteiger charge is -2.13. The first-order valence-electron chi connectivity index (χ1n) is 3.99. The molecular formula is C8H5BClF3O3. The van der Waals surface area contributed by atoms with Crippen molar-refractivity contribution >= 4 is 30.5 Å². The molecule has 3 nitrogen and oxygen atoms in total. The molecule has 1 rings (SSSR count). The van der Waals surface area contributed by atoms with Crippen LogP contribution in [-0.2, 0) is 6.18 Å². The minimum Gasteiger partial charge on any atom is -0.423 e. The number of halogens is 4. The highest BCUT2D eigenvalue weighted by atomic mass is 35.5. The molecule has 0 heterocycles. The van der Waals surface area contributed by atoms with Crippen LogP contribution in [-0.4, -0.2) is 23.5 Å². The summed E-state index contributed by atoms with van der Waals surface area (Å²) < 4.78 is 37.4. The highest BCUT2D eigenvalue weighted by molar-refractivity contribution is 6.60. The molecule has 2 N–H and O–H groups in total. The monoisotopic (exact) mass is 252 g/mol. The molecule has 0 aromatic heterocycles. The molecule has 0 unspecified atom stereocenters. The first-order valence-corrected chi connectivity index (χ1v) is 4.37. The lowest BCUT2D eigenvalue weighted by Crippen LogP contribution is -2.35. The van der Waals surface area contributed by atoms with Gasteiger partial charge in [-0.05, 0) is 17.6 Å². The molecule has 0 amide bonds. The van der Waals surface area contributed by atoms with E-state index in [9.17, 15) is 18.0 Å². The fourth-order valence-electron chi connectivity index (χ4n) is 1.22. The van der Waals surface area contributed by atoms with Gasteiger partial charge in [0.15, 0.2) is 0 Å². The van der Waals surface area contributed by atoms with Crippen molar-refractivity contribution in [3.8, 4) is 0 Å². The SMILES string of the molecule is O=Cc1c(B(O)O)cc(Cl)cc1C(F)(F)F. The van der Waals surface area contributed by atoms with Crippen LogP contribution in [0, 0.1) is 0 Å². The summed E-state index contributed by atoms with van der Waals surface area (Å²) in [6.45, 7) is 0. The van der Waals surface area contributed by atoms with E-state index >= 15 is 0 Å². The summed E-state index contributed by atoms with van der Waals surface area (Å²) in [5.41, 5.74) is -2.69. The summed E-state index contributed by atoms with van der Waals surface area (Å²) >= 11 is 5.39. The van der Waals surface area contributed by atoms with Crippen LogP contribution in [0.25, 0.3) is 0 Å². The molecule has 8 heteroatoms. The largest absolute Gasteiger partial charge is 0.489 e. The summed E-state index contributed by atoms with van der Waals surface area (Å²) in [5.74, 6) is 0. The van der Waals surface area contributed by atoms with Gasteiger partial charge in [-0.15, -0.1) is 0 Å². The summed E-state index contributed by atoms with van der Waals surface area (Å²) in [6.07, 6.45) is -4.88. The van der Waals surface area contributed by atoms with Crippen LogP contribution >= 0.6 is 11.6 Å². The standard InChI is InChI=1S/C8H5BClF3O3/c10-4-1-6(8(11,12)13)5(3-14)7(2-4)9(15)16/h1-3,15-16H. The Bertz CT molecular complexity index is 420. The summed E-state index contributed by atoms with van der Waals surface area (Å²) in [4.78, 5) is 10.5. The number of hydrogen-bond acceptors (Lipinski definition) is 3. The van der Waals surface area contributed by atoms with Crippen LogP contribution in [0.5, 0.6) is 0 Å². The van der Waals surface area contributed by atoms with Gasteiger partial charge >= 0.3 is 13.3 Å². The average molecular weight is 252 g/mol. The molecule has 0 bridgehead atoms. The zero-order chi connectivity index (χ0) is 12.5. The Labute approximate surface area is 93.6 Å². The second-order valence-electron chi connectivity index (χ2n) is 2.95. The first kappa shape index (κ1) is 13.0. The van der Waals surface area contributed by atoms with Crippen molar-refractivity contribution in [3.05, 3.63) is 28.3 Å². The van der Waals surface area contributed by atoms with E-state index in [0.29, 0.717) is 6.07 Å². The molecule has 0 fully saturated rings. The molecule has 0 aliphatic carbocycles. The Morgan fingerprint density at radius 1 is 1.31 bits per heavy atom. The van der Waals surface area contributed by atoms with Crippen LogP contribution in [0.2, 0.25) is 5.02 Å². The third kappa shape index (κ3) is 2.55. The van der Waals surface area contributed by atoms with E-state index < -0.39 is 29.9 Å². The Kier molecular flexibility index (Phi) is 3.62. The number of carbonyl (C=O) groups excluding carboxylic acids is 1. The van der Waals surface area contributed by atoms with E-state index in [4.69, 9.17) is 21.6 Å². The van der Waals surface area contributed by atoms with Crippen molar-refractivity contribution in [3.63, 3.8) is 0 Å². The number of benzene rings is 1. The highest BCUT2D eigenvalue weighted by Crippen LogP contribution is 2.32. The number of alkyl halides is 3. The van der Waals surface area contributed by atoms with E-state index in [1.54, 1.807) is 0 Å². The maximum absolute atomic E-state index is 12.5. The fourth-order valence-corrected chi connectivity index (χ4v) is 1.45. The zero-order valence-corrected chi connectivity index (χ0v) is 8.38. The van der Waals surface area contributed by atoms with E-state index in [1.807, 2.05) is 0 Å². The van der Waals surface area contributed by atoms with Gasteiger partial charge in [-0.25, -0.2) is 0 Å². The van der Waals surface area contributed by atoms with Gasteiger partial charge in [0.2, 0.25) is 0 Å². The van der Waals surface area contributed by atoms with Gasteiger partial charge in [0.05, 0.1) is 5.56 Å². The first-order chi connectivity index (χ1) is 7.27. The fraction of sp³-hybridized carbons (Fsp3) is 0.125.